The minimum Gasteiger partial charge on any atom is -0.207 e. The molecule has 0 fully saturated rings. The van der Waals surface area contributed by atoms with Gasteiger partial charge in [-0.15, -0.1) is 0 Å². The Hall–Kier alpha value is -2.24. The van der Waals surface area contributed by atoms with Crippen LogP contribution in [-0.4, -0.2) is 0 Å². The SMILES string of the molecule is C=C\C=C/C=C\C=C/C=C\C=C(\C=C)Pc1ccc([18F])cc1. The molecule has 0 radical (unpaired) electrons. The highest BCUT2D eigenvalue weighted by atomic mass is 31.1. The maximum Gasteiger partial charge on any atom is 0.123 e. The van der Waals surface area contributed by atoms with Crippen molar-refractivity contribution < 1.29 is 4.39 Å². The van der Waals surface area contributed by atoms with E-state index in [-0.39, 0.29) is 5.82 Å². The molecule has 0 saturated heterocycles. The van der Waals surface area contributed by atoms with Crippen LogP contribution in [0.3, 0.4) is 0 Å². The smallest absolute Gasteiger partial charge is 0.123 e. The molecule has 1 atom stereocenters. The van der Waals surface area contributed by atoms with Gasteiger partial charge in [0.2, 0.25) is 0 Å². The third-order valence-electron chi connectivity index (χ3n) is 2.54. The van der Waals surface area contributed by atoms with E-state index in [4.69, 9.17) is 0 Å². The zero-order valence-electron chi connectivity index (χ0n) is 12.5. The lowest BCUT2D eigenvalue weighted by Gasteiger charge is -2.01. The highest BCUT2D eigenvalue weighted by molar-refractivity contribution is 7.52. The van der Waals surface area contributed by atoms with Gasteiger partial charge in [-0.05, 0) is 22.8 Å². The molecule has 0 nitrogen and oxygen atoms in total. The van der Waals surface area contributed by atoms with Gasteiger partial charge < -0.3 is 0 Å². The fourth-order valence-corrected chi connectivity index (χ4v) is 2.43. The van der Waals surface area contributed by atoms with Gasteiger partial charge in [-0.2, -0.15) is 0 Å². The second kappa shape index (κ2) is 11.4. The molecule has 0 aromatic heterocycles. The predicted octanol–water partition coefficient (Wildman–Crippen LogP) is 5.61. The Bertz CT molecular complexity index is 614. The average molecular weight is 309 g/mol. The molecule has 22 heavy (non-hydrogen) atoms. The number of benzene rings is 1. The van der Waals surface area contributed by atoms with Crippen molar-refractivity contribution in [2.45, 2.75) is 0 Å². The first-order valence-electron chi connectivity index (χ1n) is 6.90. The van der Waals surface area contributed by atoms with Crippen LogP contribution in [0, 0.1) is 5.82 Å². The van der Waals surface area contributed by atoms with E-state index in [2.05, 4.69) is 13.2 Å². The van der Waals surface area contributed by atoms with Gasteiger partial charge in [-0.1, -0.05) is 101 Å². The van der Waals surface area contributed by atoms with Gasteiger partial charge in [-0.25, -0.2) is 4.39 Å². The molecule has 0 aliphatic rings. The Morgan fingerprint density at radius 1 is 0.818 bits per heavy atom. The third kappa shape index (κ3) is 8.14. The first-order valence-corrected chi connectivity index (χ1v) is 7.90. The quantitative estimate of drug-likeness (QED) is 0.432. The Morgan fingerprint density at radius 3 is 1.91 bits per heavy atom. The second-order valence-electron chi connectivity index (χ2n) is 4.23. The lowest BCUT2D eigenvalue weighted by Crippen LogP contribution is -1.93. The van der Waals surface area contributed by atoms with E-state index < -0.39 is 0 Å². The van der Waals surface area contributed by atoms with Crippen LogP contribution in [0.1, 0.15) is 0 Å². The summed E-state index contributed by atoms with van der Waals surface area (Å²) >= 11 is 0. The van der Waals surface area contributed by atoms with Crippen molar-refractivity contribution in [3.63, 3.8) is 0 Å². The van der Waals surface area contributed by atoms with Crippen molar-refractivity contribution in [1.82, 2.24) is 0 Å². The molecule has 1 unspecified atom stereocenters. The van der Waals surface area contributed by atoms with E-state index in [1.165, 1.54) is 12.1 Å². The van der Waals surface area contributed by atoms with Crippen LogP contribution in [0.15, 0.2) is 110 Å². The van der Waals surface area contributed by atoms with Crippen molar-refractivity contribution in [1.29, 1.82) is 0 Å². The Morgan fingerprint density at radius 2 is 1.36 bits per heavy atom. The number of hydrogen-bond donors (Lipinski definition) is 0. The summed E-state index contributed by atoms with van der Waals surface area (Å²) in [6, 6.07) is 6.57. The van der Waals surface area contributed by atoms with Crippen LogP contribution >= 0.6 is 8.58 Å². The lowest BCUT2D eigenvalue weighted by atomic mass is 10.3. The summed E-state index contributed by atoms with van der Waals surface area (Å²) in [4.78, 5) is 0. The van der Waals surface area contributed by atoms with Crippen LogP contribution in [0.5, 0.6) is 0 Å². The molecule has 1 rings (SSSR count). The zero-order chi connectivity index (χ0) is 16.0. The second-order valence-corrected chi connectivity index (χ2v) is 5.64. The molecular formula is C20H20FP. The average Bonchev–Trinajstić information content (AvgIpc) is 2.54. The van der Waals surface area contributed by atoms with Gasteiger partial charge in [0.1, 0.15) is 5.82 Å². The van der Waals surface area contributed by atoms with Gasteiger partial charge in [0.15, 0.2) is 0 Å². The first-order chi connectivity index (χ1) is 10.8. The van der Waals surface area contributed by atoms with Crippen LogP contribution in [0.25, 0.3) is 0 Å². The molecule has 2 heteroatoms. The largest absolute Gasteiger partial charge is 0.207 e. The number of halogens is 1. The van der Waals surface area contributed by atoms with E-state index >= 15 is 0 Å². The van der Waals surface area contributed by atoms with Crippen molar-refractivity contribution in [2.75, 3.05) is 0 Å². The number of rotatable bonds is 8. The minimum absolute atomic E-state index is 0.210. The number of hydrogen-bond acceptors (Lipinski definition) is 0. The van der Waals surface area contributed by atoms with Crippen molar-refractivity contribution in [3.8, 4) is 0 Å². The van der Waals surface area contributed by atoms with Crippen molar-refractivity contribution in [2.24, 2.45) is 0 Å². The van der Waals surface area contributed by atoms with E-state index in [1.807, 2.05) is 60.8 Å². The fraction of sp³-hybridized carbons (Fsp3) is 0. The highest BCUT2D eigenvalue weighted by Crippen LogP contribution is 2.23. The van der Waals surface area contributed by atoms with Crippen LogP contribution in [0.4, 0.5) is 4.39 Å². The summed E-state index contributed by atoms with van der Waals surface area (Å²) in [5.74, 6) is -0.210. The topological polar surface area (TPSA) is 0 Å². The maximum atomic E-state index is 12.9. The standard InChI is InChI=1S/C20H20FP/c1-3-5-6-7-8-9-10-11-12-13-19(4-2)22-20-16-14-18(21)15-17-20/h3-17,22H,1-2H2/b6-5-,8-7-,10-9-,12-11-,19-13-/i21-1. The Labute approximate surface area is 134 Å². The molecule has 112 valence electrons. The van der Waals surface area contributed by atoms with Crippen LogP contribution < -0.4 is 5.30 Å². The lowest BCUT2D eigenvalue weighted by molar-refractivity contribution is 0.628. The van der Waals surface area contributed by atoms with Crippen LogP contribution in [0.2, 0.25) is 0 Å². The predicted molar refractivity (Wildman–Crippen MR) is 99.4 cm³/mol. The van der Waals surface area contributed by atoms with Crippen LogP contribution in [-0.2, 0) is 0 Å². The molecule has 0 bridgehead atoms. The monoisotopic (exact) mass is 309 g/mol. The summed E-state index contributed by atoms with van der Waals surface area (Å²) in [5.41, 5.74) is 0. The molecular weight excluding hydrogens is 289 g/mol. The van der Waals surface area contributed by atoms with E-state index in [0.29, 0.717) is 8.58 Å². The van der Waals surface area contributed by atoms with E-state index in [0.717, 1.165) is 10.6 Å². The zero-order valence-corrected chi connectivity index (χ0v) is 13.5. The molecule has 0 heterocycles. The molecule has 0 saturated carbocycles. The number of allylic oxidation sites excluding steroid dienone is 12. The molecule has 0 aliphatic carbocycles. The minimum atomic E-state index is -0.210. The molecule has 0 aliphatic heterocycles. The summed E-state index contributed by atoms with van der Waals surface area (Å²) in [5, 5.41) is 2.20. The maximum absolute atomic E-state index is 12.9. The summed E-state index contributed by atoms with van der Waals surface area (Å²) in [7, 11) is 0.472. The highest BCUT2D eigenvalue weighted by Gasteiger charge is 1.95. The molecule has 0 spiro atoms. The molecule has 1 aromatic carbocycles. The third-order valence-corrected chi connectivity index (χ3v) is 3.82. The van der Waals surface area contributed by atoms with Gasteiger partial charge in [0.05, 0.1) is 0 Å². The van der Waals surface area contributed by atoms with E-state index in [9.17, 15) is 4.39 Å². The molecule has 0 amide bonds. The Balaban J connectivity index is 2.52. The molecule has 0 N–H and O–H groups in total. The van der Waals surface area contributed by atoms with Gasteiger partial charge >= 0.3 is 0 Å². The van der Waals surface area contributed by atoms with Gasteiger partial charge in [0, 0.05) is 0 Å². The first kappa shape index (κ1) is 17.8. The Kier molecular flexibility index (Phi) is 9.25. The van der Waals surface area contributed by atoms with E-state index in [1.54, 1.807) is 18.2 Å². The summed E-state index contributed by atoms with van der Waals surface area (Å²) < 4.78 is 12.9. The summed E-state index contributed by atoms with van der Waals surface area (Å²) in [6.07, 6.45) is 21.1. The van der Waals surface area contributed by atoms with Crippen molar-refractivity contribution >= 4 is 13.9 Å². The summed E-state index contributed by atoms with van der Waals surface area (Å²) in [6.45, 7) is 7.41. The van der Waals surface area contributed by atoms with Gasteiger partial charge in [0.25, 0.3) is 0 Å². The fourth-order valence-electron chi connectivity index (χ4n) is 1.48. The van der Waals surface area contributed by atoms with Crippen molar-refractivity contribution in [3.05, 3.63) is 115 Å². The molecule has 1 aromatic rings. The van der Waals surface area contributed by atoms with Gasteiger partial charge in [-0.3, -0.25) is 0 Å². The normalized spacial score (nSPS) is 13.4.